The van der Waals surface area contributed by atoms with Crippen molar-refractivity contribution in [2.75, 3.05) is 5.73 Å². The number of anilines is 1. The zero-order valence-electron chi connectivity index (χ0n) is 9.49. The number of phenols is 1. The lowest BCUT2D eigenvalue weighted by molar-refractivity contribution is 0.308. The lowest BCUT2D eigenvalue weighted by Gasteiger charge is -1.97. The lowest BCUT2D eigenvalue weighted by atomic mass is 10.2. The molecule has 0 saturated heterocycles. The summed E-state index contributed by atoms with van der Waals surface area (Å²) in [4.78, 5) is 0. The molecular weight excluding hydrogens is 316 g/mol. The third-order valence-electron chi connectivity index (χ3n) is 2.11. The Morgan fingerprint density at radius 1 is 1.42 bits per heavy atom. The maximum Gasteiger partial charge on any atom is 0.199 e. The van der Waals surface area contributed by atoms with Gasteiger partial charge in [0.25, 0.3) is 0 Å². The van der Waals surface area contributed by atoms with Crippen LogP contribution < -0.4 is 11.5 Å². The average molecular weight is 325 g/mol. The van der Waals surface area contributed by atoms with Crippen LogP contribution in [-0.4, -0.2) is 27.5 Å². The summed E-state index contributed by atoms with van der Waals surface area (Å²) in [5, 5.41) is 23.8. The predicted molar refractivity (Wildman–Crippen MR) is 72.8 cm³/mol. The van der Waals surface area contributed by atoms with Gasteiger partial charge in [0, 0.05) is 10.0 Å². The standard InChI is InChI=1S/C10H9BrN6O2/c11-6-1-2-7(18)5(3-6)4-14-15-9(12)8-10(13)17-19-16-8/h1-4,18H,(H2,12,15)(H2,13,17)/b14-4+. The number of phenolic OH excluding ortho intramolecular Hbond substituents is 1. The predicted octanol–water partition coefficient (Wildman–Crippen LogP) is 0.859. The minimum absolute atomic E-state index is 0.0294. The molecular formula is C10H9BrN6O2. The molecule has 0 amide bonds. The Balaban J connectivity index is 2.20. The Bertz CT molecular complexity index is 651. The monoisotopic (exact) mass is 324 g/mol. The van der Waals surface area contributed by atoms with Crippen molar-refractivity contribution < 1.29 is 9.74 Å². The van der Waals surface area contributed by atoms with E-state index in [0.29, 0.717) is 5.56 Å². The quantitative estimate of drug-likeness (QED) is 0.435. The number of nitrogens with zero attached hydrogens (tertiary/aromatic N) is 4. The summed E-state index contributed by atoms with van der Waals surface area (Å²) in [6, 6.07) is 4.90. The smallest absolute Gasteiger partial charge is 0.199 e. The van der Waals surface area contributed by atoms with Crippen LogP contribution in [0.1, 0.15) is 11.3 Å². The first-order chi connectivity index (χ1) is 9.08. The van der Waals surface area contributed by atoms with Gasteiger partial charge in [0.2, 0.25) is 0 Å². The van der Waals surface area contributed by atoms with Crippen LogP contribution in [0.2, 0.25) is 0 Å². The van der Waals surface area contributed by atoms with E-state index in [1.807, 2.05) is 0 Å². The topological polar surface area (TPSA) is 136 Å². The number of aromatic nitrogens is 2. The molecule has 0 atom stereocenters. The fourth-order valence-electron chi connectivity index (χ4n) is 1.20. The highest BCUT2D eigenvalue weighted by molar-refractivity contribution is 9.10. The summed E-state index contributed by atoms with van der Waals surface area (Å²) < 4.78 is 5.18. The molecule has 8 nitrogen and oxygen atoms in total. The van der Waals surface area contributed by atoms with E-state index in [2.05, 4.69) is 41.1 Å². The van der Waals surface area contributed by atoms with Gasteiger partial charge in [0.1, 0.15) is 5.75 Å². The normalized spacial score (nSPS) is 12.2. The number of aromatic hydroxyl groups is 1. The molecule has 0 saturated carbocycles. The van der Waals surface area contributed by atoms with Crippen LogP contribution in [0, 0.1) is 0 Å². The third kappa shape index (κ3) is 3.07. The van der Waals surface area contributed by atoms with Gasteiger partial charge in [0.15, 0.2) is 17.3 Å². The molecule has 1 aromatic heterocycles. The van der Waals surface area contributed by atoms with Crippen molar-refractivity contribution in [2.24, 2.45) is 15.9 Å². The second-order valence-electron chi connectivity index (χ2n) is 3.43. The molecule has 1 aromatic carbocycles. The summed E-state index contributed by atoms with van der Waals surface area (Å²) in [5.74, 6) is 0.0644. The van der Waals surface area contributed by atoms with Gasteiger partial charge in [-0.25, -0.2) is 4.63 Å². The Kier molecular flexibility index (Phi) is 3.76. The summed E-state index contributed by atoms with van der Waals surface area (Å²) in [6.45, 7) is 0. The molecule has 0 radical (unpaired) electrons. The van der Waals surface area contributed by atoms with E-state index in [4.69, 9.17) is 11.5 Å². The number of nitrogens with two attached hydrogens (primary N) is 2. The molecule has 19 heavy (non-hydrogen) atoms. The van der Waals surface area contributed by atoms with Crippen molar-refractivity contribution in [3.8, 4) is 5.75 Å². The number of hydrogen-bond donors (Lipinski definition) is 3. The first-order valence-electron chi connectivity index (χ1n) is 5.01. The summed E-state index contributed by atoms with van der Waals surface area (Å²) >= 11 is 3.28. The maximum absolute atomic E-state index is 9.58. The second-order valence-corrected chi connectivity index (χ2v) is 4.35. The van der Waals surface area contributed by atoms with E-state index < -0.39 is 0 Å². The van der Waals surface area contributed by atoms with E-state index in [-0.39, 0.29) is 23.1 Å². The summed E-state index contributed by atoms with van der Waals surface area (Å²) in [5.41, 5.74) is 11.6. The van der Waals surface area contributed by atoms with E-state index in [1.165, 1.54) is 12.3 Å². The van der Waals surface area contributed by atoms with Crippen LogP contribution in [0.3, 0.4) is 0 Å². The molecule has 0 aliphatic rings. The lowest BCUT2D eigenvalue weighted by Crippen LogP contribution is -2.15. The molecule has 0 unspecified atom stereocenters. The highest BCUT2D eigenvalue weighted by atomic mass is 79.9. The van der Waals surface area contributed by atoms with Gasteiger partial charge in [-0.2, -0.15) is 5.10 Å². The molecule has 5 N–H and O–H groups in total. The first kappa shape index (κ1) is 13.0. The molecule has 0 bridgehead atoms. The number of amidine groups is 1. The number of benzene rings is 1. The fourth-order valence-corrected chi connectivity index (χ4v) is 1.58. The molecule has 0 aliphatic carbocycles. The van der Waals surface area contributed by atoms with Crippen LogP contribution in [0.25, 0.3) is 0 Å². The van der Waals surface area contributed by atoms with Gasteiger partial charge in [-0.1, -0.05) is 15.9 Å². The Hall–Kier alpha value is -2.42. The molecule has 0 spiro atoms. The number of halogens is 1. The van der Waals surface area contributed by atoms with Crippen LogP contribution in [-0.2, 0) is 0 Å². The number of hydrogen-bond acceptors (Lipinski definition) is 7. The second kappa shape index (κ2) is 5.48. The highest BCUT2D eigenvalue weighted by Crippen LogP contribution is 2.20. The summed E-state index contributed by atoms with van der Waals surface area (Å²) in [7, 11) is 0. The van der Waals surface area contributed by atoms with E-state index in [9.17, 15) is 5.11 Å². The SMILES string of the molecule is N/C(=N\N=C\c1cc(Br)ccc1O)c1nonc1N. The van der Waals surface area contributed by atoms with Gasteiger partial charge >= 0.3 is 0 Å². The first-order valence-corrected chi connectivity index (χ1v) is 5.80. The summed E-state index contributed by atoms with van der Waals surface area (Å²) in [6.07, 6.45) is 1.34. The van der Waals surface area contributed by atoms with Crippen LogP contribution >= 0.6 is 15.9 Å². The van der Waals surface area contributed by atoms with Crippen molar-refractivity contribution in [2.45, 2.75) is 0 Å². The van der Waals surface area contributed by atoms with Gasteiger partial charge in [0.05, 0.1) is 6.21 Å². The third-order valence-corrected chi connectivity index (χ3v) is 2.60. The highest BCUT2D eigenvalue weighted by Gasteiger charge is 2.09. The Labute approximate surface area is 115 Å². The molecule has 2 rings (SSSR count). The Morgan fingerprint density at radius 2 is 2.21 bits per heavy atom. The van der Waals surface area contributed by atoms with Crippen molar-refractivity contribution in [3.05, 3.63) is 33.9 Å². The minimum atomic E-state index is -0.0375. The molecule has 1 heterocycles. The van der Waals surface area contributed by atoms with Gasteiger partial charge in [-0.05, 0) is 28.5 Å². The average Bonchev–Trinajstić information content (AvgIpc) is 2.80. The molecule has 98 valence electrons. The van der Waals surface area contributed by atoms with Gasteiger partial charge in [-0.3, -0.25) is 0 Å². The molecule has 0 fully saturated rings. The van der Waals surface area contributed by atoms with Gasteiger partial charge < -0.3 is 16.6 Å². The molecule has 2 aromatic rings. The van der Waals surface area contributed by atoms with E-state index in [1.54, 1.807) is 12.1 Å². The van der Waals surface area contributed by atoms with Crippen LogP contribution in [0.5, 0.6) is 5.75 Å². The maximum atomic E-state index is 9.58. The van der Waals surface area contributed by atoms with Crippen LogP contribution in [0.4, 0.5) is 5.82 Å². The minimum Gasteiger partial charge on any atom is -0.507 e. The number of rotatable bonds is 3. The fraction of sp³-hybridized carbons (Fsp3) is 0. The van der Waals surface area contributed by atoms with Crippen molar-refractivity contribution >= 4 is 33.8 Å². The Morgan fingerprint density at radius 3 is 2.89 bits per heavy atom. The number of nitrogen functional groups attached to an aromatic ring is 1. The van der Waals surface area contributed by atoms with Crippen LogP contribution in [0.15, 0.2) is 37.5 Å². The zero-order valence-corrected chi connectivity index (χ0v) is 11.1. The molecule has 9 heteroatoms. The molecule has 0 aliphatic heterocycles. The van der Waals surface area contributed by atoms with E-state index in [0.717, 1.165) is 4.47 Å². The largest absolute Gasteiger partial charge is 0.507 e. The zero-order chi connectivity index (χ0) is 13.8. The van der Waals surface area contributed by atoms with Gasteiger partial charge in [-0.15, -0.1) is 5.10 Å². The van der Waals surface area contributed by atoms with Crippen molar-refractivity contribution in [3.63, 3.8) is 0 Å². The van der Waals surface area contributed by atoms with Crippen molar-refractivity contribution in [1.82, 2.24) is 10.3 Å². The van der Waals surface area contributed by atoms with E-state index >= 15 is 0 Å². The van der Waals surface area contributed by atoms with Crippen molar-refractivity contribution in [1.29, 1.82) is 0 Å².